The van der Waals surface area contributed by atoms with Crippen molar-refractivity contribution in [3.05, 3.63) is 58.9 Å². The van der Waals surface area contributed by atoms with Gasteiger partial charge in [0, 0.05) is 62.3 Å². The summed E-state index contributed by atoms with van der Waals surface area (Å²) in [5.41, 5.74) is 2.39. The number of anilines is 1. The topological polar surface area (TPSA) is 86.3 Å². The number of amides is 2. The highest BCUT2D eigenvalue weighted by atomic mass is 19.3. The van der Waals surface area contributed by atoms with Crippen LogP contribution in [0.25, 0.3) is 0 Å². The third-order valence-corrected chi connectivity index (χ3v) is 9.38. The Balaban J connectivity index is 1.13. The summed E-state index contributed by atoms with van der Waals surface area (Å²) in [6, 6.07) is 9.97. The number of nitrogens with zero attached hydrogens (tertiary/aromatic N) is 3. The molecule has 1 atom stereocenters. The third kappa shape index (κ3) is 6.93. The number of halogens is 3. The summed E-state index contributed by atoms with van der Waals surface area (Å²) in [6.45, 7) is 6.74. The maximum Gasteiger partial charge on any atom is 0.254 e. The fourth-order valence-corrected chi connectivity index (χ4v) is 6.84. The molecule has 4 aliphatic rings. The SMILES string of the molecule is O=C(c1cc(F)cc(N2CC[NH2+]CC2)c1)N1CCN(C(=O)c2ccc(O[C@H]3CC[NH2+]C3)c(C3CCC(F)(F)CC3)c2)CC1. The summed E-state index contributed by atoms with van der Waals surface area (Å²) in [6.07, 6.45) is 1.40. The van der Waals surface area contributed by atoms with Gasteiger partial charge in [-0.1, -0.05) is 0 Å². The molecule has 4 N–H and O–H groups in total. The number of benzene rings is 2. The van der Waals surface area contributed by atoms with Gasteiger partial charge in [0.15, 0.2) is 6.10 Å². The van der Waals surface area contributed by atoms with Crippen LogP contribution in [0.4, 0.5) is 18.9 Å². The lowest BCUT2D eigenvalue weighted by Gasteiger charge is -2.35. The molecule has 2 aromatic rings. The number of alkyl halides is 2. The second-order valence-corrected chi connectivity index (χ2v) is 12.4. The average molecular weight is 602 g/mol. The van der Waals surface area contributed by atoms with E-state index in [2.05, 4.69) is 15.5 Å². The van der Waals surface area contributed by atoms with Crippen molar-refractivity contribution in [2.45, 2.75) is 50.0 Å². The largest absolute Gasteiger partial charge is 0.484 e. The van der Waals surface area contributed by atoms with E-state index in [1.54, 1.807) is 21.9 Å². The molecular formula is C32H42F3N5O3+2. The van der Waals surface area contributed by atoms with Gasteiger partial charge in [0.2, 0.25) is 5.92 Å². The van der Waals surface area contributed by atoms with E-state index in [4.69, 9.17) is 4.74 Å². The van der Waals surface area contributed by atoms with Gasteiger partial charge in [0.1, 0.15) is 18.1 Å². The molecule has 232 valence electrons. The number of hydrogen-bond acceptors (Lipinski definition) is 4. The van der Waals surface area contributed by atoms with Crippen molar-refractivity contribution in [1.29, 1.82) is 0 Å². The van der Waals surface area contributed by atoms with Crippen molar-refractivity contribution in [3.63, 3.8) is 0 Å². The van der Waals surface area contributed by atoms with Crippen LogP contribution in [0.15, 0.2) is 36.4 Å². The number of ether oxygens (including phenoxy) is 1. The van der Waals surface area contributed by atoms with E-state index in [9.17, 15) is 22.8 Å². The molecule has 6 rings (SSSR count). The molecule has 2 amide bonds. The van der Waals surface area contributed by atoms with Crippen molar-refractivity contribution in [3.8, 4) is 5.75 Å². The number of rotatable bonds is 6. The van der Waals surface area contributed by atoms with Crippen LogP contribution >= 0.6 is 0 Å². The molecule has 11 heteroatoms. The summed E-state index contributed by atoms with van der Waals surface area (Å²) in [5, 5.41) is 4.42. The molecular weight excluding hydrogens is 559 g/mol. The van der Waals surface area contributed by atoms with Crippen LogP contribution in [0.1, 0.15) is 64.3 Å². The summed E-state index contributed by atoms with van der Waals surface area (Å²) in [4.78, 5) is 32.5. The monoisotopic (exact) mass is 601 g/mol. The number of hydrogen-bond donors (Lipinski definition) is 2. The van der Waals surface area contributed by atoms with E-state index in [0.29, 0.717) is 55.9 Å². The molecule has 2 aromatic carbocycles. The van der Waals surface area contributed by atoms with E-state index in [1.807, 2.05) is 12.1 Å². The molecule has 0 spiro atoms. The van der Waals surface area contributed by atoms with Crippen molar-refractivity contribution < 1.29 is 38.1 Å². The fraction of sp³-hybridized carbons (Fsp3) is 0.562. The lowest BCUT2D eigenvalue weighted by atomic mass is 9.81. The van der Waals surface area contributed by atoms with Crippen LogP contribution in [0, 0.1) is 5.82 Å². The van der Waals surface area contributed by atoms with E-state index < -0.39 is 11.7 Å². The van der Waals surface area contributed by atoms with Crippen LogP contribution < -0.4 is 20.3 Å². The van der Waals surface area contributed by atoms with Gasteiger partial charge in [-0.2, -0.15) is 0 Å². The quantitative estimate of drug-likeness (QED) is 0.529. The van der Waals surface area contributed by atoms with Gasteiger partial charge in [-0.3, -0.25) is 9.59 Å². The maximum atomic E-state index is 14.5. The Morgan fingerprint density at radius 2 is 1.47 bits per heavy atom. The van der Waals surface area contributed by atoms with Crippen LogP contribution in [-0.4, -0.2) is 99.1 Å². The predicted molar refractivity (Wildman–Crippen MR) is 155 cm³/mol. The summed E-state index contributed by atoms with van der Waals surface area (Å²) < 4.78 is 48.7. The van der Waals surface area contributed by atoms with Gasteiger partial charge in [-0.05, 0) is 60.7 Å². The molecule has 0 aromatic heterocycles. The number of piperazine rings is 2. The lowest BCUT2D eigenvalue weighted by Crippen LogP contribution is -2.89. The Morgan fingerprint density at radius 3 is 2.12 bits per heavy atom. The minimum absolute atomic E-state index is 0.0727. The van der Waals surface area contributed by atoms with Crippen molar-refractivity contribution in [1.82, 2.24) is 9.80 Å². The van der Waals surface area contributed by atoms with Crippen LogP contribution in [-0.2, 0) is 0 Å². The Kier molecular flexibility index (Phi) is 8.81. The van der Waals surface area contributed by atoms with Gasteiger partial charge < -0.3 is 30.1 Å². The molecule has 0 unspecified atom stereocenters. The zero-order valence-corrected chi connectivity index (χ0v) is 24.6. The molecule has 1 aliphatic carbocycles. The first-order chi connectivity index (χ1) is 20.8. The van der Waals surface area contributed by atoms with Crippen molar-refractivity contribution in [2.75, 3.05) is 70.3 Å². The van der Waals surface area contributed by atoms with E-state index >= 15 is 0 Å². The molecule has 8 nitrogen and oxygen atoms in total. The van der Waals surface area contributed by atoms with E-state index in [1.165, 1.54) is 12.1 Å². The van der Waals surface area contributed by atoms with Gasteiger partial charge >= 0.3 is 0 Å². The smallest absolute Gasteiger partial charge is 0.254 e. The summed E-state index contributed by atoms with van der Waals surface area (Å²) >= 11 is 0. The van der Waals surface area contributed by atoms with Gasteiger partial charge in [-0.25, -0.2) is 13.2 Å². The average Bonchev–Trinajstić information content (AvgIpc) is 3.54. The molecule has 0 bridgehead atoms. The first-order valence-electron chi connectivity index (χ1n) is 15.7. The normalized spacial score (nSPS) is 23.0. The molecule has 3 aliphatic heterocycles. The van der Waals surface area contributed by atoms with Gasteiger partial charge in [0.05, 0.1) is 32.7 Å². The predicted octanol–water partition coefficient (Wildman–Crippen LogP) is 1.81. The number of quaternary nitrogens is 2. The van der Waals surface area contributed by atoms with Crippen LogP contribution in [0.2, 0.25) is 0 Å². The fourth-order valence-electron chi connectivity index (χ4n) is 6.84. The zero-order valence-electron chi connectivity index (χ0n) is 24.6. The number of carbonyl (C=O) groups excluding carboxylic acids is 2. The second kappa shape index (κ2) is 12.7. The number of nitrogens with two attached hydrogens (primary N) is 2. The Morgan fingerprint density at radius 1 is 0.791 bits per heavy atom. The highest BCUT2D eigenvalue weighted by Crippen LogP contribution is 2.44. The van der Waals surface area contributed by atoms with Gasteiger partial charge in [-0.15, -0.1) is 0 Å². The lowest BCUT2D eigenvalue weighted by molar-refractivity contribution is -0.655. The molecule has 4 fully saturated rings. The Labute approximate surface area is 250 Å². The standard InChI is InChI=1S/C32H40F3N5O3/c33-25-17-24(18-26(20-25)38-11-9-36-10-12-38)31(42)40-15-13-39(14-16-40)30(41)23-1-2-29(43-27-5-8-37-21-27)28(19-23)22-3-6-32(34,35)7-4-22/h1-2,17-20,22,27,36-37H,3-16,21H2/p+2/t27-/m0/s1. The first-order valence-corrected chi connectivity index (χ1v) is 15.7. The highest BCUT2D eigenvalue weighted by Gasteiger charge is 2.37. The second-order valence-electron chi connectivity index (χ2n) is 12.4. The third-order valence-electron chi connectivity index (χ3n) is 9.38. The molecule has 0 radical (unpaired) electrons. The molecule has 43 heavy (non-hydrogen) atoms. The van der Waals surface area contributed by atoms with E-state index in [0.717, 1.165) is 56.9 Å². The minimum Gasteiger partial charge on any atom is -0.484 e. The zero-order chi connectivity index (χ0) is 30.0. The molecule has 3 heterocycles. The highest BCUT2D eigenvalue weighted by molar-refractivity contribution is 5.96. The Hall–Kier alpha value is -3.31. The molecule has 1 saturated carbocycles. The summed E-state index contributed by atoms with van der Waals surface area (Å²) in [5.74, 6) is -2.84. The first kappa shape index (κ1) is 29.7. The van der Waals surface area contributed by atoms with E-state index in [-0.39, 0.29) is 36.7 Å². The van der Waals surface area contributed by atoms with Crippen LogP contribution in [0.3, 0.4) is 0 Å². The van der Waals surface area contributed by atoms with Crippen molar-refractivity contribution >= 4 is 17.5 Å². The maximum absolute atomic E-state index is 14.5. The van der Waals surface area contributed by atoms with Crippen LogP contribution in [0.5, 0.6) is 5.75 Å². The van der Waals surface area contributed by atoms with Crippen molar-refractivity contribution in [2.24, 2.45) is 0 Å². The number of carbonyl (C=O) groups is 2. The minimum atomic E-state index is -2.64. The summed E-state index contributed by atoms with van der Waals surface area (Å²) in [7, 11) is 0. The Bertz CT molecular complexity index is 1310. The van der Waals surface area contributed by atoms with Gasteiger partial charge in [0.25, 0.3) is 11.8 Å². The molecule has 3 saturated heterocycles.